The van der Waals surface area contributed by atoms with Crippen LogP contribution in [0.2, 0.25) is 0 Å². The number of amides is 2. The van der Waals surface area contributed by atoms with Gasteiger partial charge in [-0.3, -0.25) is 9.59 Å². The summed E-state index contributed by atoms with van der Waals surface area (Å²) in [4.78, 5) is 22.9. The number of benzene rings is 1. The first-order chi connectivity index (χ1) is 10.6. The highest BCUT2D eigenvalue weighted by Crippen LogP contribution is 2.12. The van der Waals surface area contributed by atoms with E-state index in [1.807, 2.05) is 37.3 Å². The smallest absolute Gasteiger partial charge is 0.244 e. The summed E-state index contributed by atoms with van der Waals surface area (Å²) in [5.74, 6) is -0.103. The summed E-state index contributed by atoms with van der Waals surface area (Å²) in [6.07, 6.45) is 0. The number of aryl methyl sites for hydroxylation is 1. The Bertz CT molecular complexity index is 651. The van der Waals surface area contributed by atoms with Crippen molar-refractivity contribution in [1.82, 2.24) is 15.1 Å². The summed E-state index contributed by atoms with van der Waals surface area (Å²) >= 11 is 0. The van der Waals surface area contributed by atoms with Crippen LogP contribution in [-0.4, -0.2) is 34.7 Å². The zero-order valence-corrected chi connectivity index (χ0v) is 12.4. The molecular weight excluding hydrogens is 282 g/mol. The number of nitrogens with two attached hydrogens (primary N) is 1. The molecule has 7 nitrogen and oxygen atoms in total. The maximum Gasteiger partial charge on any atom is 0.244 e. The van der Waals surface area contributed by atoms with Crippen LogP contribution in [-0.2, 0) is 16.1 Å². The number of nitrogens with one attached hydrogen (secondary N) is 2. The van der Waals surface area contributed by atoms with Gasteiger partial charge in [-0.15, -0.1) is 0 Å². The largest absolute Gasteiger partial charge is 0.346 e. The van der Waals surface area contributed by atoms with Crippen molar-refractivity contribution in [2.24, 2.45) is 5.73 Å². The average molecular weight is 301 g/mol. The molecule has 4 N–H and O–H groups in total. The molecule has 0 aliphatic rings. The van der Waals surface area contributed by atoms with E-state index in [-0.39, 0.29) is 24.9 Å². The highest BCUT2D eigenvalue weighted by molar-refractivity contribution is 5.94. The predicted octanol–water partition coefficient (Wildman–Crippen LogP) is 0.253. The molecule has 2 rings (SSSR count). The topological polar surface area (TPSA) is 102 Å². The zero-order valence-electron chi connectivity index (χ0n) is 12.4. The maximum absolute atomic E-state index is 11.8. The minimum Gasteiger partial charge on any atom is -0.346 e. The molecule has 0 aliphatic heterocycles. The van der Waals surface area contributed by atoms with Gasteiger partial charge in [-0.05, 0) is 12.5 Å². The second kappa shape index (κ2) is 7.37. The Labute approximate surface area is 128 Å². The Hall–Kier alpha value is -2.67. The number of hydrogen-bond donors (Lipinski definition) is 3. The van der Waals surface area contributed by atoms with Gasteiger partial charge in [0, 0.05) is 6.07 Å². The number of carbonyl (C=O) groups excluding carboxylic acids is 2. The van der Waals surface area contributed by atoms with Crippen LogP contribution in [0.15, 0.2) is 36.4 Å². The Morgan fingerprint density at radius 2 is 1.95 bits per heavy atom. The molecule has 0 fully saturated rings. The van der Waals surface area contributed by atoms with Crippen molar-refractivity contribution in [3.8, 4) is 0 Å². The summed E-state index contributed by atoms with van der Waals surface area (Å²) in [5.41, 5.74) is 7.05. The lowest BCUT2D eigenvalue weighted by Crippen LogP contribution is -2.36. The molecule has 2 aromatic rings. The third kappa shape index (κ3) is 4.42. The second-order valence-electron chi connectivity index (χ2n) is 4.84. The van der Waals surface area contributed by atoms with Crippen LogP contribution in [0.3, 0.4) is 0 Å². The van der Waals surface area contributed by atoms with Crippen molar-refractivity contribution in [3.05, 3.63) is 47.7 Å². The number of aromatic nitrogens is 2. The Morgan fingerprint density at radius 3 is 2.64 bits per heavy atom. The van der Waals surface area contributed by atoms with E-state index in [1.165, 1.54) is 0 Å². The van der Waals surface area contributed by atoms with E-state index < -0.39 is 0 Å². The van der Waals surface area contributed by atoms with E-state index in [1.54, 1.807) is 10.7 Å². The SMILES string of the molecule is Cc1cc(NC(=O)CNC(=O)CN)n(Cc2ccccc2)n1. The molecule has 0 saturated carbocycles. The molecule has 0 spiro atoms. The number of hydrogen-bond acceptors (Lipinski definition) is 4. The molecule has 0 atom stereocenters. The summed E-state index contributed by atoms with van der Waals surface area (Å²) in [5, 5.41) is 9.52. The first-order valence-corrected chi connectivity index (χ1v) is 6.93. The number of anilines is 1. The Morgan fingerprint density at radius 1 is 1.23 bits per heavy atom. The van der Waals surface area contributed by atoms with Gasteiger partial charge in [-0.25, -0.2) is 4.68 Å². The van der Waals surface area contributed by atoms with Gasteiger partial charge >= 0.3 is 0 Å². The third-order valence-corrected chi connectivity index (χ3v) is 2.98. The van der Waals surface area contributed by atoms with Gasteiger partial charge in [0.25, 0.3) is 0 Å². The fourth-order valence-corrected chi connectivity index (χ4v) is 1.96. The molecule has 0 radical (unpaired) electrons. The average Bonchev–Trinajstić information content (AvgIpc) is 2.85. The van der Waals surface area contributed by atoms with Gasteiger partial charge in [0.05, 0.1) is 25.3 Å². The van der Waals surface area contributed by atoms with Crippen molar-refractivity contribution >= 4 is 17.6 Å². The number of nitrogens with zero attached hydrogens (tertiary/aromatic N) is 2. The molecule has 22 heavy (non-hydrogen) atoms. The van der Waals surface area contributed by atoms with Gasteiger partial charge in [-0.1, -0.05) is 30.3 Å². The fourth-order valence-electron chi connectivity index (χ4n) is 1.96. The molecule has 7 heteroatoms. The Kier molecular flexibility index (Phi) is 5.26. The first-order valence-electron chi connectivity index (χ1n) is 6.93. The molecule has 1 heterocycles. The van der Waals surface area contributed by atoms with Gasteiger partial charge in [0.15, 0.2) is 0 Å². The third-order valence-electron chi connectivity index (χ3n) is 2.98. The fraction of sp³-hybridized carbons (Fsp3) is 0.267. The van der Waals surface area contributed by atoms with Crippen LogP contribution in [0.5, 0.6) is 0 Å². The highest BCUT2D eigenvalue weighted by Gasteiger charge is 2.10. The van der Waals surface area contributed by atoms with Gasteiger partial charge in [0.2, 0.25) is 11.8 Å². The molecule has 0 unspecified atom stereocenters. The van der Waals surface area contributed by atoms with Gasteiger partial charge in [-0.2, -0.15) is 5.10 Å². The summed E-state index contributed by atoms with van der Waals surface area (Å²) in [6, 6.07) is 11.6. The standard InChI is InChI=1S/C15H19N5O2/c1-11-7-13(18-15(22)9-17-14(21)8-16)20(19-11)10-12-5-3-2-4-6-12/h2-7H,8-10,16H2,1H3,(H,17,21)(H,18,22). The van der Waals surface area contributed by atoms with Crippen molar-refractivity contribution in [2.45, 2.75) is 13.5 Å². The zero-order chi connectivity index (χ0) is 15.9. The summed E-state index contributed by atoms with van der Waals surface area (Å²) in [6.45, 7) is 2.15. The van der Waals surface area contributed by atoms with Crippen molar-refractivity contribution < 1.29 is 9.59 Å². The first kappa shape index (κ1) is 15.7. The lowest BCUT2D eigenvalue weighted by Gasteiger charge is -2.09. The molecule has 1 aromatic heterocycles. The van der Waals surface area contributed by atoms with Crippen molar-refractivity contribution in [1.29, 1.82) is 0 Å². The number of carbonyl (C=O) groups is 2. The monoisotopic (exact) mass is 301 g/mol. The molecule has 0 aliphatic carbocycles. The quantitative estimate of drug-likeness (QED) is 0.712. The number of rotatable bonds is 6. The van der Waals surface area contributed by atoms with Crippen LogP contribution in [0.4, 0.5) is 5.82 Å². The molecule has 1 aromatic carbocycles. The Balaban J connectivity index is 2.02. The maximum atomic E-state index is 11.8. The van der Waals surface area contributed by atoms with Crippen LogP contribution >= 0.6 is 0 Å². The summed E-state index contributed by atoms with van der Waals surface area (Å²) < 4.78 is 1.72. The minimum atomic E-state index is -0.371. The normalized spacial score (nSPS) is 10.3. The van der Waals surface area contributed by atoms with Crippen LogP contribution in [0.25, 0.3) is 0 Å². The summed E-state index contributed by atoms with van der Waals surface area (Å²) in [7, 11) is 0. The molecular formula is C15H19N5O2. The highest BCUT2D eigenvalue weighted by atomic mass is 16.2. The van der Waals surface area contributed by atoms with E-state index in [0.717, 1.165) is 11.3 Å². The lowest BCUT2D eigenvalue weighted by molar-refractivity contribution is -0.123. The van der Waals surface area contributed by atoms with E-state index >= 15 is 0 Å². The van der Waals surface area contributed by atoms with Crippen LogP contribution in [0.1, 0.15) is 11.3 Å². The molecule has 116 valence electrons. The van der Waals surface area contributed by atoms with Crippen LogP contribution < -0.4 is 16.4 Å². The van der Waals surface area contributed by atoms with Crippen molar-refractivity contribution in [2.75, 3.05) is 18.4 Å². The molecule has 2 amide bonds. The predicted molar refractivity (Wildman–Crippen MR) is 83.2 cm³/mol. The lowest BCUT2D eigenvalue weighted by atomic mass is 10.2. The van der Waals surface area contributed by atoms with E-state index in [9.17, 15) is 9.59 Å². The van der Waals surface area contributed by atoms with E-state index in [2.05, 4.69) is 15.7 Å². The van der Waals surface area contributed by atoms with Gasteiger partial charge < -0.3 is 16.4 Å². The molecule has 0 bridgehead atoms. The van der Waals surface area contributed by atoms with Crippen LogP contribution in [0, 0.1) is 6.92 Å². The second-order valence-corrected chi connectivity index (χ2v) is 4.84. The van der Waals surface area contributed by atoms with E-state index in [4.69, 9.17) is 5.73 Å². The van der Waals surface area contributed by atoms with Crippen molar-refractivity contribution in [3.63, 3.8) is 0 Å². The van der Waals surface area contributed by atoms with E-state index in [0.29, 0.717) is 12.4 Å². The van der Waals surface area contributed by atoms with Gasteiger partial charge in [0.1, 0.15) is 5.82 Å². The molecule has 0 saturated heterocycles. The minimum absolute atomic E-state index is 0.119.